The van der Waals surface area contributed by atoms with Gasteiger partial charge in [-0.1, -0.05) is 48.5 Å². The van der Waals surface area contributed by atoms with Crippen LogP contribution >= 0.6 is 11.8 Å². The molecule has 4 nitrogen and oxygen atoms in total. The minimum absolute atomic E-state index is 0.135. The molecule has 3 aromatic rings. The fourth-order valence-corrected chi connectivity index (χ4v) is 3.56. The Bertz CT molecular complexity index is 1100. The molecule has 3 aromatic carbocycles. The summed E-state index contributed by atoms with van der Waals surface area (Å²) in [6.07, 6.45) is 1.78. The number of halogens is 1. The van der Waals surface area contributed by atoms with Crippen molar-refractivity contribution in [2.75, 3.05) is 0 Å². The lowest BCUT2D eigenvalue weighted by atomic mass is 10.2. The number of aliphatic imine (C=N–C) groups is 1. The van der Waals surface area contributed by atoms with Gasteiger partial charge in [0, 0.05) is 5.56 Å². The molecule has 29 heavy (non-hydrogen) atoms. The second-order valence-electron chi connectivity index (χ2n) is 6.27. The van der Waals surface area contributed by atoms with E-state index in [0.29, 0.717) is 21.4 Å². The molecule has 1 fully saturated rings. The van der Waals surface area contributed by atoms with E-state index in [4.69, 9.17) is 4.74 Å². The van der Waals surface area contributed by atoms with Crippen molar-refractivity contribution in [1.29, 1.82) is 0 Å². The highest BCUT2D eigenvalue weighted by molar-refractivity contribution is 8.18. The number of hydrogen-bond acceptors (Lipinski definition) is 4. The molecule has 0 aromatic heterocycles. The molecular weight excluding hydrogens is 387 g/mol. The van der Waals surface area contributed by atoms with Crippen LogP contribution in [0.15, 0.2) is 88.8 Å². The predicted octanol–water partition coefficient (Wildman–Crippen LogP) is 5.30. The molecule has 0 atom stereocenters. The summed E-state index contributed by atoms with van der Waals surface area (Å²) in [4.78, 5) is 17.2. The van der Waals surface area contributed by atoms with Crippen LogP contribution in [0, 0.1) is 5.82 Å². The molecule has 1 saturated heterocycles. The summed E-state index contributed by atoms with van der Waals surface area (Å²) >= 11 is 1.29. The maximum absolute atomic E-state index is 13.7. The second-order valence-corrected chi connectivity index (χ2v) is 7.30. The van der Waals surface area contributed by atoms with Gasteiger partial charge in [0.05, 0.1) is 10.6 Å². The number of carbonyl (C=O) groups excluding carboxylic acids is 1. The summed E-state index contributed by atoms with van der Waals surface area (Å²) in [5, 5.41) is 3.31. The Morgan fingerprint density at radius 2 is 1.79 bits per heavy atom. The van der Waals surface area contributed by atoms with E-state index < -0.39 is 0 Å². The van der Waals surface area contributed by atoms with E-state index in [9.17, 15) is 9.18 Å². The SMILES string of the molecule is O=C1NC(=Nc2ccccc2)S/C1=C/c1cccc(OCc2ccccc2F)c1. The quantitative estimate of drug-likeness (QED) is 0.588. The summed E-state index contributed by atoms with van der Waals surface area (Å²) in [7, 11) is 0. The number of nitrogens with one attached hydrogen (secondary N) is 1. The number of ether oxygens (including phenoxy) is 1. The summed E-state index contributed by atoms with van der Waals surface area (Å²) in [6, 6.07) is 23.3. The molecule has 0 bridgehead atoms. The van der Waals surface area contributed by atoms with Gasteiger partial charge < -0.3 is 10.1 Å². The van der Waals surface area contributed by atoms with E-state index in [1.54, 1.807) is 30.3 Å². The molecular formula is C23H17FN2O2S. The summed E-state index contributed by atoms with van der Waals surface area (Å²) in [6.45, 7) is 0.135. The molecule has 4 rings (SSSR count). The van der Waals surface area contributed by atoms with Gasteiger partial charge >= 0.3 is 0 Å². The largest absolute Gasteiger partial charge is 0.489 e. The first-order chi connectivity index (χ1) is 14.2. The highest BCUT2D eigenvalue weighted by Crippen LogP contribution is 2.28. The Kier molecular flexibility index (Phi) is 5.72. The fourth-order valence-electron chi connectivity index (χ4n) is 2.72. The minimum Gasteiger partial charge on any atom is -0.489 e. The van der Waals surface area contributed by atoms with Crippen LogP contribution in [-0.4, -0.2) is 11.1 Å². The number of carbonyl (C=O) groups is 1. The highest BCUT2D eigenvalue weighted by atomic mass is 32.2. The average Bonchev–Trinajstić information content (AvgIpc) is 3.07. The van der Waals surface area contributed by atoms with E-state index in [1.807, 2.05) is 48.5 Å². The first-order valence-corrected chi connectivity index (χ1v) is 9.80. The number of rotatable bonds is 5. The van der Waals surface area contributed by atoms with Crippen molar-refractivity contribution in [1.82, 2.24) is 5.32 Å². The van der Waals surface area contributed by atoms with Crippen molar-refractivity contribution < 1.29 is 13.9 Å². The molecule has 1 aliphatic heterocycles. The topological polar surface area (TPSA) is 50.7 Å². The van der Waals surface area contributed by atoms with Gasteiger partial charge in [0.15, 0.2) is 5.17 Å². The van der Waals surface area contributed by atoms with Crippen molar-refractivity contribution in [2.45, 2.75) is 6.61 Å². The minimum atomic E-state index is -0.296. The Morgan fingerprint density at radius 3 is 2.62 bits per heavy atom. The molecule has 1 amide bonds. The molecule has 144 valence electrons. The molecule has 6 heteroatoms. The third kappa shape index (κ3) is 4.92. The van der Waals surface area contributed by atoms with Gasteiger partial charge in [0.1, 0.15) is 18.2 Å². The molecule has 0 saturated carbocycles. The van der Waals surface area contributed by atoms with Gasteiger partial charge in [-0.3, -0.25) is 4.79 Å². The van der Waals surface area contributed by atoms with E-state index in [2.05, 4.69) is 10.3 Å². The standard InChI is InChI=1S/C23H17FN2O2S/c24-20-12-5-4-8-17(20)15-28-19-11-6-7-16(13-19)14-21-22(27)26-23(29-21)25-18-9-2-1-3-10-18/h1-14H,15H2,(H,25,26,27)/b21-14+. The number of amidine groups is 1. The first-order valence-electron chi connectivity index (χ1n) is 8.98. The van der Waals surface area contributed by atoms with Crippen LogP contribution in [0.2, 0.25) is 0 Å². The zero-order valence-corrected chi connectivity index (χ0v) is 16.2. The average molecular weight is 404 g/mol. The molecule has 0 aliphatic carbocycles. The summed E-state index contributed by atoms with van der Waals surface area (Å²) in [5.41, 5.74) is 2.08. The van der Waals surface area contributed by atoms with E-state index in [0.717, 1.165) is 11.3 Å². The zero-order chi connectivity index (χ0) is 20.1. The van der Waals surface area contributed by atoms with Gasteiger partial charge in [0.25, 0.3) is 5.91 Å². The van der Waals surface area contributed by atoms with Crippen molar-refractivity contribution in [3.8, 4) is 5.75 Å². The third-order valence-corrected chi connectivity index (χ3v) is 5.06. The molecule has 1 heterocycles. The fraction of sp³-hybridized carbons (Fsp3) is 0.0435. The Balaban J connectivity index is 1.47. The first kappa shape index (κ1) is 19.0. The monoisotopic (exact) mass is 404 g/mol. The predicted molar refractivity (Wildman–Crippen MR) is 114 cm³/mol. The lowest BCUT2D eigenvalue weighted by Crippen LogP contribution is -2.19. The van der Waals surface area contributed by atoms with Crippen LogP contribution in [0.5, 0.6) is 5.75 Å². The number of hydrogen-bond donors (Lipinski definition) is 1. The van der Waals surface area contributed by atoms with Gasteiger partial charge in [-0.15, -0.1) is 0 Å². The lowest BCUT2D eigenvalue weighted by Gasteiger charge is -2.08. The van der Waals surface area contributed by atoms with Gasteiger partial charge in [-0.25, -0.2) is 9.38 Å². The zero-order valence-electron chi connectivity index (χ0n) is 15.3. The molecule has 1 aliphatic rings. The number of nitrogens with zero attached hydrogens (tertiary/aromatic N) is 1. The number of thioether (sulfide) groups is 1. The Labute approximate surface area is 172 Å². The second kappa shape index (κ2) is 8.75. The van der Waals surface area contributed by atoms with E-state index in [1.165, 1.54) is 17.8 Å². The lowest BCUT2D eigenvalue weighted by molar-refractivity contribution is -0.115. The summed E-state index contributed by atoms with van der Waals surface area (Å²) < 4.78 is 19.4. The molecule has 0 spiro atoms. The maximum Gasteiger partial charge on any atom is 0.264 e. The molecule has 0 radical (unpaired) electrons. The smallest absolute Gasteiger partial charge is 0.264 e. The van der Waals surface area contributed by atoms with Gasteiger partial charge in [0.2, 0.25) is 0 Å². The number of benzene rings is 3. The van der Waals surface area contributed by atoms with Crippen LogP contribution in [0.1, 0.15) is 11.1 Å². The van der Waals surface area contributed by atoms with Crippen LogP contribution < -0.4 is 10.1 Å². The third-order valence-electron chi connectivity index (χ3n) is 4.15. The van der Waals surface area contributed by atoms with Crippen molar-refractivity contribution in [3.05, 3.63) is 101 Å². The molecule has 0 unspecified atom stereocenters. The normalized spacial score (nSPS) is 16.2. The van der Waals surface area contributed by atoms with Crippen LogP contribution in [-0.2, 0) is 11.4 Å². The van der Waals surface area contributed by atoms with Gasteiger partial charge in [-0.2, -0.15) is 0 Å². The van der Waals surface area contributed by atoms with Crippen LogP contribution in [0.4, 0.5) is 10.1 Å². The van der Waals surface area contributed by atoms with Crippen LogP contribution in [0.25, 0.3) is 6.08 Å². The van der Waals surface area contributed by atoms with Gasteiger partial charge in [-0.05, 0) is 53.7 Å². The van der Waals surface area contributed by atoms with Crippen molar-refractivity contribution in [3.63, 3.8) is 0 Å². The highest BCUT2D eigenvalue weighted by Gasteiger charge is 2.23. The van der Waals surface area contributed by atoms with E-state index in [-0.39, 0.29) is 18.3 Å². The van der Waals surface area contributed by atoms with E-state index >= 15 is 0 Å². The van der Waals surface area contributed by atoms with Crippen molar-refractivity contribution >= 4 is 34.6 Å². The Morgan fingerprint density at radius 1 is 1.00 bits per heavy atom. The number of para-hydroxylation sites is 1. The van der Waals surface area contributed by atoms with Crippen molar-refractivity contribution in [2.24, 2.45) is 4.99 Å². The number of amides is 1. The molecule has 1 N–H and O–H groups in total. The summed E-state index contributed by atoms with van der Waals surface area (Å²) in [5.74, 6) is 0.113. The Hall–Kier alpha value is -3.38. The maximum atomic E-state index is 13.7. The van der Waals surface area contributed by atoms with Crippen LogP contribution in [0.3, 0.4) is 0 Å².